The van der Waals surface area contributed by atoms with Crippen molar-refractivity contribution in [1.29, 1.82) is 0 Å². The lowest BCUT2D eigenvalue weighted by molar-refractivity contribution is 0.581. The van der Waals surface area contributed by atoms with E-state index in [4.69, 9.17) is 11.6 Å². The number of nitrogens with one attached hydrogen (secondary N) is 1. The third-order valence-electron chi connectivity index (χ3n) is 2.02. The van der Waals surface area contributed by atoms with Crippen molar-refractivity contribution >= 4 is 33.0 Å². The molecule has 0 aromatic carbocycles. The molecule has 0 amide bonds. The van der Waals surface area contributed by atoms with Gasteiger partial charge in [-0.05, 0) is 23.6 Å². The maximum absolute atomic E-state index is 11.9. The SMILES string of the molecule is O=S(=O)(NCc1cccs1)c1ccnc(Cl)c1. The summed E-state index contributed by atoms with van der Waals surface area (Å²) >= 11 is 7.15. The van der Waals surface area contributed by atoms with Gasteiger partial charge in [-0.3, -0.25) is 0 Å². The minimum absolute atomic E-state index is 0.119. The first kappa shape index (κ1) is 12.5. The number of thiophene rings is 1. The molecule has 2 heterocycles. The molecule has 7 heteroatoms. The van der Waals surface area contributed by atoms with Crippen LogP contribution in [0.5, 0.6) is 0 Å². The van der Waals surface area contributed by atoms with E-state index in [1.165, 1.54) is 29.7 Å². The molecule has 1 N–H and O–H groups in total. The zero-order valence-corrected chi connectivity index (χ0v) is 11.0. The lowest BCUT2D eigenvalue weighted by atomic mass is 10.5. The summed E-state index contributed by atoms with van der Waals surface area (Å²) in [4.78, 5) is 4.81. The van der Waals surface area contributed by atoms with Crippen molar-refractivity contribution in [2.24, 2.45) is 0 Å². The first-order chi connectivity index (χ1) is 8.08. The smallest absolute Gasteiger partial charge is 0.241 e. The molecule has 0 radical (unpaired) electrons. The molecule has 2 aromatic rings. The van der Waals surface area contributed by atoms with Gasteiger partial charge in [-0.1, -0.05) is 17.7 Å². The van der Waals surface area contributed by atoms with E-state index < -0.39 is 10.0 Å². The van der Waals surface area contributed by atoms with Crippen LogP contribution in [-0.4, -0.2) is 13.4 Å². The average Bonchev–Trinajstić information content (AvgIpc) is 2.79. The topological polar surface area (TPSA) is 59.1 Å². The fourth-order valence-corrected chi connectivity index (χ4v) is 3.21. The molecule has 0 saturated carbocycles. The van der Waals surface area contributed by atoms with Crippen LogP contribution in [0.25, 0.3) is 0 Å². The fourth-order valence-electron chi connectivity index (χ4n) is 1.21. The predicted molar refractivity (Wildman–Crippen MR) is 67.6 cm³/mol. The summed E-state index contributed by atoms with van der Waals surface area (Å²) < 4.78 is 26.3. The Morgan fingerprint density at radius 3 is 2.88 bits per heavy atom. The third kappa shape index (κ3) is 3.26. The highest BCUT2D eigenvalue weighted by Gasteiger charge is 2.14. The van der Waals surface area contributed by atoms with Gasteiger partial charge in [-0.2, -0.15) is 0 Å². The number of rotatable bonds is 4. The number of nitrogens with zero attached hydrogens (tertiary/aromatic N) is 1. The van der Waals surface area contributed by atoms with Crippen molar-refractivity contribution < 1.29 is 8.42 Å². The van der Waals surface area contributed by atoms with Gasteiger partial charge in [-0.25, -0.2) is 18.1 Å². The van der Waals surface area contributed by atoms with E-state index in [2.05, 4.69) is 9.71 Å². The number of sulfonamides is 1. The van der Waals surface area contributed by atoms with Crippen LogP contribution in [-0.2, 0) is 16.6 Å². The summed E-state index contributed by atoms with van der Waals surface area (Å²) in [6.07, 6.45) is 1.36. The molecular weight excluding hydrogens is 280 g/mol. The zero-order chi connectivity index (χ0) is 12.3. The maximum Gasteiger partial charge on any atom is 0.241 e. The van der Waals surface area contributed by atoms with Crippen molar-refractivity contribution in [2.45, 2.75) is 11.4 Å². The van der Waals surface area contributed by atoms with E-state index in [1.54, 1.807) is 0 Å². The molecule has 2 rings (SSSR count). The molecule has 90 valence electrons. The second kappa shape index (κ2) is 5.14. The number of aromatic nitrogens is 1. The van der Waals surface area contributed by atoms with Crippen LogP contribution in [0.2, 0.25) is 5.15 Å². The van der Waals surface area contributed by atoms with Gasteiger partial charge < -0.3 is 0 Å². The molecular formula is C10H9ClN2O2S2. The van der Waals surface area contributed by atoms with Crippen molar-refractivity contribution in [3.05, 3.63) is 45.9 Å². The van der Waals surface area contributed by atoms with Gasteiger partial charge in [0.15, 0.2) is 0 Å². The Hall–Kier alpha value is -0.950. The average molecular weight is 289 g/mol. The van der Waals surface area contributed by atoms with Gasteiger partial charge in [0, 0.05) is 17.6 Å². The van der Waals surface area contributed by atoms with E-state index in [0.717, 1.165) is 4.88 Å². The van der Waals surface area contributed by atoms with Crippen molar-refractivity contribution in [3.63, 3.8) is 0 Å². The molecule has 0 aliphatic carbocycles. The van der Waals surface area contributed by atoms with Gasteiger partial charge in [0.25, 0.3) is 0 Å². The molecule has 0 spiro atoms. The molecule has 0 aliphatic rings. The summed E-state index contributed by atoms with van der Waals surface area (Å²) in [5, 5.41) is 2.05. The highest BCUT2D eigenvalue weighted by molar-refractivity contribution is 7.89. The van der Waals surface area contributed by atoms with Gasteiger partial charge >= 0.3 is 0 Å². The lowest BCUT2D eigenvalue weighted by Crippen LogP contribution is -2.22. The highest BCUT2D eigenvalue weighted by Crippen LogP contribution is 2.14. The summed E-state index contributed by atoms with van der Waals surface area (Å²) in [5.41, 5.74) is 0. The first-order valence-electron chi connectivity index (χ1n) is 4.71. The summed E-state index contributed by atoms with van der Waals surface area (Å²) in [6.45, 7) is 0.278. The summed E-state index contributed by atoms with van der Waals surface area (Å²) in [5.74, 6) is 0. The zero-order valence-electron chi connectivity index (χ0n) is 8.63. The Morgan fingerprint density at radius 1 is 1.41 bits per heavy atom. The molecule has 0 aliphatic heterocycles. The van der Waals surface area contributed by atoms with E-state index in [0.29, 0.717) is 0 Å². The van der Waals surface area contributed by atoms with Crippen molar-refractivity contribution in [3.8, 4) is 0 Å². The predicted octanol–water partition coefficient (Wildman–Crippen LogP) is 2.28. The molecule has 0 fully saturated rings. The second-order valence-electron chi connectivity index (χ2n) is 3.22. The van der Waals surface area contributed by atoms with Crippen LogP contribution in [0.15, 0.2) is 40.7 Å². The lowest BCUT2D eigenvalue weighted by Gasteiger charge is -2.05. The van der Waals surface area contributed by atoms with Gasteiger partial charge in [0.05, 0.1) is 4.90 Å². The van der Waals surface area contributed by atoms with Crippen LogP contribution < -0.4 is 4.72 Å². The molecule has 0 saturated heterocycles. The maximum atomic E-state index is 11.9. The van der Waals surface area contributed by atoms with Crippen LogP contribution in [0.3, 0.4) is 0 Å². The Kier molecular flexibility index (Phi) is 3.78. The Labute approximate surface area is 108 Å². The molecule has 0 unspecified atom stereocenters. The molecule has 0 bridgehead atoms. The van der Waals surface area contributed by atoms with E-state index in [-0.39, 0.29) is 16.6 Å². The van der Waals surface area contributed by atoms with Crippen LogP contribution >= 0.6 is 22.9 Å². The van der Waals surface area contributed by atoms with Crippen molar-refractivity contribution in [1.82, 2.24) is 9.71 Å². The largest absolute Gasteiger partial charge is 0.244 e. The summed E-state index contributed by atoms with van der Waals surface area (Å²) in [6, 6.07) is 6.46. The first-order valence-corrected chi connectivity index (χ1v) is 7.45. The van der Waals surface area contributed by atoms with E-state index in [9.17, 15) is 8.42 Å². The molecule has 17 heavy (non-hydrogen) atoms. The number of pyridine rings is 1. The Morgan fingerprint density at radius 2 is 2.24 bits per heavy atom. The summed E-state index contributed by atoms with van der Waals surface area (Å²) in [7, 11) is -3.53. The Balaban J connectivity index is 2.14. The number of hydrogen-bond donors (Lipinski definition) is 1. The molecule has 0 atom stereocenters. The standard InChI is InChI=1S/C10H9ClN2O2S2/c11-10-6-9(3-4-12-10)17(14,15)13-7-8-2-1-5-16-8/h1-6,13H,7H2. The van der Waals surface area contributed by atoms with E-state index in [1.807, 2.05) is 17.5 Å². The molecule has 4 nitrogen and oxygen atoms in total. The second-order valence-corrected chi connectivity index (χ2v) is 6.40. The Bertz CT molecular complexity index is 597. The number of hydrogen-bond acceptors (Lipinski definition) is 4. The fraction of sp³-hybridized carbons (Fsp3) is 0.100. The number of halogens is 1. The van der Waals surface area contributed by atoms with E-state index >= 15 is 0 Å². The van der Waals surface area contributed by atoms with Gasteiger partial charge in [-0.15, -0.1) is 11.3 Å². The normalized spacial score (nSPS) is 11.6. The van der Waals surface area contributed by atoms with Crippen LogP contribution in [0, 0.1) is 0 Å². The van der Waals surface area contributed by atoms with Gasteiger partial charge in [0.1, 0.15) is 5.15 Å². The minimum atomic E-state index is -3.53. The third-order valence-corrected chi connectivity index (χ3v) is 4.51. The van der Waals surface area contributed by atoms with Crippen molar-refractivity contribution in [2.75, 3.05) is 0 Å². The molecule has 2 aromatic heterocycles. The minimum Gasteiger partial charge on any atom is -0.244 e. The highest BCUT2D eigenvalue weighted by atomic mass is 35.5. The monoisotopic (exact) mass is 288 g/mol. The van der Waals surface area contributed by atoms with Crippen LogP contribution in [0.1, 0.15) is 4.88 Å². The van der Waals surface area contributed by atoms with Crippen LogP contribution in [0.4, 0.5) is 0 Å². The quantitative estimate of drug-likeness (QED) is 0.878. The van der Waals surface area contributed by atoms with Gasteiger partial charge in [0.2, 0.25) is 10.0 Å².